The first-order valence-corrected chi connectivity index (χ1v) is 12.3. The highest BCUT2D eigenvalue weighted by atomic mass is 35.5. The summed E-state index contributed by atoms with van der Waals surface area (Å²) in [6.07, 6.45) is 1.30. The monoisotopic (exact) mass is 495 g/mol. The lowest BCUT2D eigenvalue weighted by atomic mass is 9.90. The Morgan fingerprint density at radius 1 is 1.17 bits per heavy atom. The van der Waals surface area contributed by atoms with Gasteiger partial charge in [-0.25, -0.2) is 0 Å². The van der Waals surface area contributed by atoms with Gasteiger partial charge in [-0.2, -0.15) is 0 Å². The van der Waals surface area contributed by atoms with Crippen molar-refractivity contribution in [3.05, 3.63) is 82.7 Å². The fourth-order valence-electron chi connectivity index (χ4n) is 4.33. The number of piperidine rings is 1. The Hall–Kier alpha value is -3.32. The smallest absolute Gasteiger partial charge is 0.276 e. The van der Waals surface area contributed by atoms with Gasteiger partial charge in [0, 0.05) is 63.0 Å². The number of hydrogen-bond acceptors (Lipinski definition) is 5. The lowest BCUT2D eigenvalue weighted by molar-refractivity contribution is -0.133. The van der Waals surface area contributed by atoms with Crippen molar-refractivity contribution in [2.75, 3.05) is 20.1 Å². The largest absolute Gasteiger partial charge is 0.490 e. The highest BCUT2D eigenvalue weighted by Crippen LogP contribution is 2.28. The second-order valence-electron chi connectivity index (χ2n) is 8.89. The molecule has 1 fully saturated rings. The first kappa shape index (κ1) is 24.8. The van der Waals surface area contributed by atoms with E-state index >= 15 is 0 Å². The summed E-state index contributed by atoms with van der Waals surface area (Å²) in [6.45, 7) is 3.36. The van der Waals surface area contributed by atoms with Gasteiger partial charge in [0.05, 0.1) is 0 Å². The minimum absolute atomic E-state index is 0.00236. The van der Waals surface area contributed by atoms with E-state index in [2.05, 4.69) is 5.16 Å². The van der Waals surface area contributed by atoms with E-state index in [0.717, 1.165) is 5.56 Å². The maximum atomic E-state index is 13.2. The number of hydrogen-bond donors (Lipinski definition) is 0. The van der Waals surface area contributed by atoms with Gasteiger partial charge < -0.3 is 19.1 Å². The summed E-state index contributed by atoms with van der Waals surface area (Å²) in [6, 6.07) is 18.8. The van der Waals surface area contributed by atoms with E-state index in [4.69, 9.17) is 20.9 Å². The van der Waals surface area contributed by atoms with Gasteiger partial charge in [-0.3, -0.25) is 9.59 Å². The maximum absolute atomic E-state index is 13.2. The molecule has 2 atom stereocenters. The number of aromatic nitrogens is 1. The molecule has 1 aliphatic rings. The molecule has 7 nitrogen and oxygen atoms in total. The van der Waals surface area contributed by atoms with Crippen molar-refractivity contribution in [1.29, 1.82) is 0 Å². The summed E-state index contributed by atoms with van der Waals surface area (Å²) in [5.41, 5.74) is 1.36. The predicted molar refractivity (Wildman–Crippen MR) is 133 cm³/mol. The van der Waals surface area contributed by atoms with E-state index in [1.54, 1.807) is 35.0 Å². The minimum atomic E-state index is -0.227. The van der Waals surface area contributed by atoms with Crippen LogP contribution in [0.15, 0.2) is 65.2 Å². The molecule has 3 aromatic rings. The molecule has 0 N–H and O–H groups in total. The number of likely N-dealkylation sites (tertiary alicyclic amines) is 1. The Morgan fingerprint density at radius 3 is 2.69 bits per heavy atom. The third-order valence-corrected chi connectivity index (χ3v) is 6.52. The second kappa shape index (κ2) is 11.4. The van der Waals surface area contributed by atoms with E-state index in [0.29, 0.717) is 54.7 Å². The number of benzene rings is 2. The molecule has 4 rings (SSSR count). The number of nitrogens with zero attached hydrogens (tertiary/aromatic N) is 3. The topological polar surface area (TPSA) is 75.9 Å². The molecular weight excluding hydrogens is 466 g/mol. The molecule has 1 aromatic heterocycles. The first-order chi connectivity index (χ1) is 16.9. The van der Waals surface area contributed by atoms with Crippen molar-refractivity contribution >= 4 is 23.4 Å². The zero-order chi connectivity index (χ0) is 24.8. The quantitative estimate of drug-likeness (QED) is 0.446. The van der Waals surface area contributed by atoms with Gasteiger partial charge in [0.15, 0.2) is 5.69 Å². The van der Waals surface area contributed by atoms with Gasteiger partial charge in [-0.05, 0) is 23.8 Å². The molecule has 1 aliphatic heterocycles. The minimum Gasteiger partial charge on any atom is -0.490 e. The number of halogens is 1. The molecule has 2 heterocycles. The number of carbonyl (C=O) groups excluding carboxylic acids is 2. The van der Waals surface area contributed by atoms with Crippen molar-refractivity contribution in [3.8, 4) is 5.75 Å². The average Bonchev–Trinajstić information content (AvgIpc) is 3.35. The van der Waals surface area contributed by atoms with Gasteiger partial charge in [0.2, 0.25) is 5.91 Å². The van der Waals surface area contributed by atoms with Crippen molar-refractivity contribution in [1.82, 2.24) is 15.0 Å². The number of carbonyl (C=O) groups is 2. The Kier molecular flexibility index (Phi) is 8.08. The number of aryl methyl sites for hydroxylation is 1. The molecule has 0 spiro atoms. The van der Waals surface area contributed by atoms with Crippen LogP contribution in [0.5, 0.6) is 5.75 Å². The molecule has 184 valence electrons. The van der Waals surface area contributed by atoms with E-state index in [1.807, 2.05) is 49.4 Å². The summed E-state index contributed by atoms with van der Waals surface area (Å²) < 4.78 is 11.5. The number of rotatable bonds is 8. The molecule has 2 aromatic carbocycles. The van der Waals surface area contributed by atoms with Crippen LogP contribution < -0.4 is 4.74 Å². The van der Waals surface area contributed by atoms with Crippen molar-refractivity contribution in [2.24, 2.45) is 5.92 Å². The van der Waals surface area contributed by atoms with E-state index in [-0.39, 0.29) is 30.3 Å². The molecule has 0 aliphatic carbocycles. The van der Waals surface area contributed by atoms with Crippen molar-refractivity contribution < 1.29 is 18.8 Å². The first-order valence-electron chi connectivity index (χ1n) is 11.9. The van der Waals surface area contributed by atoms with Gasteiger partial charge in [-0.15, -0.1) is 0 Å². The Labute approximate surface area is 210 Å². The van der Waals surface area contributed by atoms with Gasteiger partial charge in [0.1, 0.15) is 17.6 Å². The van der Waals surface area contributed by atoms with Crippen LogP contribution in [0.3, 0.4) is 0 Å². The summed E-state index contributed by atoms with van der Waals surface area (Å²) in [7, 11) is 1.80. The van der Waals surface area contributed by atoms with Crippen molar-refractivity contribution in [2.45, 2.75) is 38.8 Å². The Morgan fingerprint density at radius 2 is 1.97 bits per heavy atom. The molecule has 35 heavy (non-hydrogen) atoms. The molecule has 0 saturated carbocycles. The normalized spacial score (nSPS) is 17.7. The molecule has 8 heteroatoms. The maximum Gasteiger partial charge on any atom is 0.276 e. The lowest BCUT2D eigenvalue weighted by Crippen LogP contribution is -2.49. The molecular formula is C27H30ClN3O4. The molecule has 1 saturated heterocycles. The standard InChI is InChI=1S/C27H30ClN3O4/c1-3-22-16-24(29-35-22)27(33)31-13-12-25(34-23-11-7-10-21(28)15-23)20(18-31)14-26(32)30(2)17-19-8-5-4-6-9-19/h4-11,15-16,20,25H,3,12-14,17-18H2,1-2H3/t20-,25-/m0/s1. The van der Waals surface area contributed by atoms with Crippen molar-refractivity contribution in [3.63, 3.8) is 0 Å². The fraction of sp³-hybridized carbons (Fsp3) is 0.370. The zero-order valence-electron chi connectivity index (χ0n) is 20.0. The third kappa shape index (κ3) is 6.42. The second-order valence-corrected chi connectivity index (χ2v) is 9.32. The average molecular weight is 496 g/mol. The summed E-state index contributed by atoms with van der Waals surface area (Å²) in [5.74, 6) is 0.950. The predicted octanol–water partition coefficient (Wildman–Crippen LogP) is 4.85. The lowest BCUT2D eigenvalue weighted by Gasteiger charge is -2.38. The van der Waals surface area contributed by atoms with Crippen LogP contribution in [-0.4, -0.2) is 53.0 Å². The number of amides is 2. The number of ether oxygens (including phenoxy) is 1. The molecule has 2 amide bonds. The SMILES string of the molecule is CCc1cc(C(=O)N2CC[C@H](Oc3cccc(Cl)c3)[C@@H](CC(=O)N(C)Cc3ccccc3)C2)no1. The summed E-state index contributed by atoms with van der Waals surface area (Å²) >= 11 is 6.14. The Balaban J connectivity index is 1.48. The summed E-state index contributed by atoms with van der Waals surface area (Å²) in [4.78, 5) is 29.7. The Bertz CT molecular complexity index is 1150. The van der Waals surface area contributed by atoms with Crippen LogP contribution in [0.25, 0.3) is 0 Å². The fourth-order valence-corrected chi connectivity index (χ4v) is 4.51. The molecule has 0 unspecified atom stereocenters. The van der Waals surface area contributed by atoms with Crippen LogP contribution in [0.1, 0.15) is 41.6 Å². The van der Waals surface area contributed by atoms with Gasteiger partial charge >= 0.3 is 0 Å². The third-order valence-electron chi connectivity index (χ3n) is 6.29. The van der Waals surface area contributed by atoms with Crippen LogP contribution in [-0.2, 0) is 17.8 Å². The summed E-state index contributed by atoms with van der Waals surface area (Å²) in [5, 5.41) is 4.52. The van der Waals surface area contributed by atoms with Gasteiger partial charge in [-0.1, -0.05) is 60.1 Å². The highest BCUT2D eigenvalue weighted by molar-refractivity contribution is 6.30. The molecule has 0 bridgehead atoms. The van der Waals surface area contributed by atoms with Crippen LogP contribution in [0, 0.1) is 5.92 Å². The van der Waals surface area contributed by atoms with E-state index < -0.39 is 0 Å². The van der Waals surface area contributed by atoms with E-state index in [1.165, 1.54) is 0 Å². The molecule has 0 radical (unpaired) electrons. The van der Waals surface area contributed by atoms with E-state index in [9.17, 15) is 9.59 Å². The van der Waals surface area contributed by atoms with Crippen LogP contribution in [0.2, 0.25) is 5.02 Å². The van der Waals surface area contributed by atoms with Crippen LogP contribution >= 0.6 is 11.6 Å². The van der Waals surface area contributed by atoms with Gasteiger partial charge in [0.25, 0.3) is 5.91 Å². The highest BCUT2D eigenvalue weighted by Gasteiger charge is 2.36. The van der Waals surface area contributed by atoms with Crippen LogP contribution in [0.4, 0.5) is 0 Å². The zero-order valence-corrected chi connectivity index (χ0v) is 20.8.